The summed E-state index contributed by atoms with van der Waals surface area (Å²) in [5, 5.41) is 1.67. The van der Waals surface area contributed by atoms with Gasteiger partial charge in [-0.3, -0.25) is 14.6 Å². The second-order valence-corrected chi connectivity index (χ2v) is 4.31. The summed E-state index contributed by atoms with van der Waals surface area (Å²) in [5.74, 6) is -0.884. The van der Waals surface area contributed by atoms with Crippen LogP contribution in [0.15, 0.2) is 12.1 Å². The molecule has 6 heteroatoms. The molecule has 0 aliphatic heterocycles. The maximum Gasteiger partial charge on any atom is 0.325 e. The minimum Gasteiger partial charge on any atom is -0.468 e. The highest BCUT2D eigenvalue weighted by Gasteiger charge is 2.17. The van der Waals surface area contributed by atoms with Crippen molar-refractivity contribution in [3.8, 4) is 0 Å². The maximum absolute atomic E-state index is 11.8. The van der Waals surface area contributed by atoms with Gasteiger partial charge in [0.15, 0.2) is 0 Å². The van der Waals surface area contributed by atoms with Crippen LogP contribution in [-0.4, -0.2) is 35.9 Å². The van der Waals surface area contributed by atoms with Crippen molar-refractivity contribution in [2.45, 2.75) is 19.2 Å². The molecule has 0 saturated carbocycles. The molecule has 0 radical (unpaired) electrons. The van der Waals surface area contributed by atoms with Crippen LogP contribution in [0.1, 0.15) is 21.7 Å². The number of nitrogens with zero attached hydrogens (tertiary/aromatic N) is 1. The molecule has 1 unspecified atom stereocenters. The molecule has 0 bridgehead atoms. The predicted octanol–water partition coefficient (Wildman–Crippen LogP) is 1.21. The Hall–Kier alpha value is -1.62. The highest BCUT2D eigenvalue weighted by molar-refractivity contribution is 6.30. The lowest BCUT2D eigenvalue weighted by Gasteiger charge is -2.10. The van der Waals surface area contributed by atoms with Gasteiger partial charge in [0.1, 0.15) is 5.38 Å². The molecule has 0 fully saturated rings. The van der Waals surface area contributed by atoms with E-state index in [0.717, 1.165) is 5.69 Å². The Morgan fingerprint density at radius 2 is 2.11 bits per heavy atom. The molecule has 0 aromatic carbocycles. The summed E-state index contributed by atoms with van der Waals surface area (Å²) < 4.78 is 4.45. The Balaban J connectivity index is 2.63. The topological polar surface area (TPSA) is 68.3 Å². The van der Waals surface area contributed by atoms with E-state index in [2.05, 4.69) is 15.0 Å². The van der Waals surface area contributed by atoms with Crippen LogP contribution in [0.25, 0.3) is 0 Å². The number of halogens is 1. The van der Waals surface area contributed by atoms with Gasteiger partial charge in [-0.15, -0.1) is 11.6 Å². The number of carbonyl (C=O) groups is 2. The van der Waals surface area contributed by atoms with Gasteiger partial charge < -0.3 is 10.1 Å². The van der Waals surface area contributed by atoms with Crippen LogP contribution in [0.3, 0.4) is 0 Å². The summed E-state index contributed by atoms with van der Waals surface area (Å²) in [6.07, 6.45) is 0. The summed E-state index contributed by atoms with van der Waals surface area (Å²) in [6.45, 7) is 3.61. The second-order valence-electron chi connectivity index (χ2n) is 3.79. The molecule has 0 spiro atoms. The van der Waals surface area contributed by atoms with E-state index in [9.17, 15) is 9.59 Å². The number of rotatable bonds is 4. The van der Waals surface area contributed by atoms with Crippen molar-refractivity contribution in [2.75, 3.05) is 13.7 Å². The fourth-order valence-electron chi connectivity index (χ4n) is 1.42. The summed E-state index contributed by atoms with van der Waals surface area (Å²) in [5.41, 5.74) is 1.94. The van der Waals surface area contributed by atoms with Crippen LogP contribution in [0.4, 0.5) is 0 Å². The molecule has 0 aliphatic carbocycles. The second kappa shape index (κ2) is 6.35. The number of ether oxygens (including phenoxy) is 1. The van der Waals surface area contributed by atoms with Gasteiger partial charge in [0.25, 0.3) is 5.91 Å². The van der Waals surface area contributed by atoms with Gasteiger partial charge in [-0.05, 0) is 26.0 Å². The third-order valence-electron chi connectivity index (χ3n) is 2.37. The van der Waals surface area contributed by atoms with Crippen LogP contribution >= 0.6 is 11.6 Å². The van der Waals surface area contributed by atoms with E-state index >= 15 is 0 Å². The first-order valence-electron chi connectivity index (χ1n) is 5.40. The SMILES string of the molecule is COC(=O)C(Cl)CNC(=O)c1ccc(C)nc1C. The normalized spacial score (nSPS) is 11.8. The van der Waals surface area contributed by atoms with Crippen molar-refractivity contribution < 1.29 is 14.3 Å². The summed E-state index contributed by atoms with van der Waals surface area (Å²) >= 11 is 5.72. The fourth-order valence-corrected chi connectivity index (χ4v) is 1.58. The molecule has 1 atom stereocenters. The molecule has 1 heterocycles. The summed E-state index contributed by atoms with van der Waals surface area (Å²) in [4.78, 5) is 27.1. The molecule has 98 valence electrons. The molecule has 1 amide bonds. The number of carbonyl (C=O) groups excluding carboxylic acids is 2. The number of hydrogen-bond donors (Lipinski definition) is 1. The largest absolute Gasteiger partial charge is 0.468 e. The average molecular weight is 271 g/mol. The number of pyridine rings is 1. The first kappa shape index (κ1) is 14.4. The Bertz CT molecular complexity index is 463. The zero-order valence-electron chi connectivity index (χ0n) is 10.5. The number of hydrogen-bond acceptors (Lipinski definition) is 4. The molecular weight excluding hydrogens is 256 g/mol. The lowest BCUT2D eigenvalue weighted by atomic mass is 10.1. The van der Waals surface area contributed by atoms with Crippen LogP contribution < -0.4 is 5.32 Å². The monoisotopic (exact) mass is 270 g/mol. The lowest BCUT2D eigenvalue weighted by molar-refractivity contribution is -0.140. The number of nitrogens with one attached hydrogen (secondary N) is 1. The zero-order chi connectivity index (χ0) is 13.7. The number of aromatic nitrogens is 1. The van der Waals surface area contributed by atoms with Crippen LogP contribution in [0.5, 0.6) is 0 Å². The van der Waals surface area contributed by atoms with Crippen LogP contribution in [0.2, 0.25) is 0 Å². The van der Waals surface area contributed by atoms with Gasteiger partial charge in [0, 0.05) is 12.2 Å². The van der Waals surface area contributed by atoms with Crippen molar-refractivity contribution in [2.24, 2.45) is 0 Å². The van der Waals surface area contributed by atoms with Crippen LogP contribution in [-0.2, 0) is 9.53 Å². The molecule has 0 saturated heterocycles. The van der Waals surface area contributed by atoms with Crippen molar-refractivity contribution >= 4 is 23.5 Å². The minimum absolute atomic E-state index is 0.0143. The van der Waals surface area contributed by atoms with Crippen molar-refractivity contribution in [1.29, 1.82) is 0 Å². The Kier molecular flexibility index (Phi) is 5.09. The number of aryl methyl sites for hydroxylation is 2. The van der Waals surface area contributed by atoms with E-state index in [4.69, 9.17) is 11.6 Å². The van der Waals surface area contributed by atoms with Gasteiger partial charge >= 0.3 is 5.97 Å². The highest BCUT2D eigenvalue weighted by Crippen LogP contribution is 2.06. The average Bonchev–Trinajstić information content (AvgIpc) is 2.34. The third-order valence-corrected chi connectivity index (χ3v) is 2.70. The molecule has 1 rings (SSSR count). The summed E-state index contributed by atoms with van der Waals surface area (Å²) in [6, 6.07) is 3.44. The number of amides is 1. The Morgan fingerprint density at radius 1 is 1.44 bits per heavy atom. The quantitative estimate of drug-likeness (QED) is 0.660. The van der Waals surface area contributed by atoms with E-state index in [0.29, 0.717) is 11.3 Å². The first-order chi connectivity index (χ1) is 8.45. The van der Waals surface area contributed by atoms with Crippen molar-refractivity contribution in [3.63, 3.8) is 0 Å². The number of alkyl halides is 1. The van der Waals surface area contributed by atoms with E-state index < -0.39 is 11.3 Å². The van der Waals surface area contributed by atoms with Gasteiger partial charge in [0.05, 0.1) is 18.4 Å². The molecular formula is C12H15ClN2O3. The molecule has 5 nitrogen and oxygen atoms in total. The Labute approximate surface area is 110 Å². The highest BCUT2D eigenvalue weighted by atomic mass is 35.5. The van der Waals surface area contributed by atoms with Gasteiger partial charge in [-0.2, -0.15) is 0 Å². The van der Waals surface area contributed by atoms with Gasteiger partial charge in [-0.25, -0.2) is 0 Å². The number of methoxy groups -OCH3 is 1. The molecule has 1 N–H and O–H groups in total. The first-order valence-corrected chi connectivity index (χ1v) is 5.83. The summed E-state index contributed by atoms with van der Waals surface area (Å²) in [7, 11) is 1.24. The zero-order valence-corrected chi connectivity index (χ0v) is 11.2. The minimum atomic E-state index is -0.891. The molecule has 1 aromatic rings. The van der Waals surface area contributed by atoms with E-state index in [-0.39, 0.29) is 12.5 Å². The smallest absolute Gasteiger partial charge is 0.325 e. The Morgan fingerprint density at radius 3 is 2.67 bits per heavy atom. The molecule has 1 aromatic heterocycles. The predicted molar refractivity (Wildman–Crippen MR) is 67.7 cm³/mol. The molecule has 18 heavy (non-hydrogen) atoms. The lowest BCUT2D eigenvalue weighted by Crippen LogP contribution is -2.34. The van der Waals surface area contributed by atoms with E-state index in [1.165, 1.54) is 7.11 Å². The van der Waals surface area contributed by atoms with Crippen molar-refractivity contribution in [3.05, 3.63) is 29.1 Å². The standard InChI is InChI=1S/C12H15ClN2O3/c1-7-4-5-9(8(2)15-7)11(16)14-6-10(13)12(17)18-3/h4-5,10H,6H2,1-3H3,(H,14,16). The fraction of sp³-hybridized carbons (Fsp3) is 0.417. The van der Waals surface area contributed by atoms with E-state index in [1.807, 2.05) is 6.92 Å². The van der Waals surface area contributed by atoms with Crippen LogP contribution in [0, 0.1) is 13.8 Å². The number of esters is 1. The van der Waals surface area contributed by atoms with Gasteiger partial charge in [-0.1, -0.05) is 0 Å². The van der Waals surface area contributed by atoms with Gasteiger partial charge in [0.2, 0.25) is 0 Å². The van der Waals surface area contributed by atoms with E-state index in [1.54, 1.807) is 19.1 Å². The molecule has 0 aliphatic rings. The maximum atomic E-state index is 11.8. The van der Waals surface area contributed by atoms with Crippen molar-refractivity contribution in [1.82, 2.24) is 10.3 Å². The third kappa shape index (κ3) is 3.70.